The maximum absolute atomic E-state index is 12.7. The fourth-order valence-corrected chi connectivity index (χ4v) is 5.87. The predicted molar refractivity (Wildman–Crippen MR) is 123 cm³/mol. The summed E-state index contributed by atoms with van der Waals surface area (Å²) in [6, 6.07) is -0.713. The van der Waals surface area contributed by atoms with Gasteiger partial charge in [0.25, 0.3) is 17.7 Å². The molecule has 4 N–H and O–H groups in total. The number of aromatic nitrogens is 4. The standard InChI is InChI=1S/C17H18N8O5S3/c1-24-17(21-12(27)13(28)22-24)33-5-7-3-25-14(29)10(15(25)31-4-7)20-11(26)9(23-30-2)8-6-32-16(18)19-8/h3,6,10,15H,4-5H2,1-2H3,(H2,18,19)(H,20,26)(H,22,28)/b23-9-/t10?,15-/m0/s1. The van der Waals surface area contributed by atoms with Gasteiger partial charge >= 0.3 is 5.56 Å². The van der Waals surface area contributed by atoms with Gasteiger partial charge in [0.15, 0.2) is 16.0 Å². The molecule has 0 saturated carbocycles. The average molecular weight is 511 g/mol. The Morgan fingerprint density at radius 3 is 2.94 bits per heavy atom. The molecule has 2 aliphatic heterocycles. The number of carbonyl (C=O) groups is 2. The molecule has 0 spiro atoms. The molecule has 2 amide bonds. The van der Waals surface area contributed by atoms with Gasteiger partial charge in [0.1, 0.15) is 24.2 Å². The Hall–Kier alpha value is -3.11. The van der Waals surface area contributed by atoms with Gasteiger partial charge in [0.05, 0.1) is 0 Å². The van der Waals surface area contributed by atoms with E-state index in [4.69, 9.17) is 10.6 Å². The largest absolute Gasteiger partial charge is 0.488 e. The van der Waals surface area contributed by atoms with Crippen LogP contribution >= 0.6 is 34.9 Å². The summed E-state index contributed by atoms with van der Waals surface area (Å²) in [6.45, 7) is 0. The Kier molecular flexibility index (Phi) is 6.57. The zero-order chi connectivity index (χ0) is 23.7. The van der Waals surface area contributed by atoms with Crippen LogP contribution < -0.4 is 16.6 Å². The number of nitrogens with one attached hydrogen (secondary N) is 1. The van der Waals surface area contributed by atoms with Crippen molar-refractivity contribution in [1.82, 2.24) is 30.0 Å². The highest BCUT2D eigenvalue weighted by Gasteiger charge is 2.49. The summed E-state index contributed by atoms with van der Waals surface area (Å²) < 4.78 is 1.32. The van der Waals surface area contributed by atoms with E-state index in [0.717, 1.165) is 16.9 Å². The third-order valence-electron chi connectivity index (χ3n) is 4.59. The lowest BCUT2D eigenvalue weighted by atomic mass is 10.1. The molecule has 0 bridgehead atoms. The Morgan fingerprint density at radius 2 is 2.24 bits per heavy atom. The first-order valence-electron chi connectivity index (χ1n) is 9.32. The number of anilines is 1. The van der Waals surface area contributed by atoms with Crippen LogP contribution in [0.3, 0.4) is 0 Å². The Bertz CT molecular complexity index is 1230. The van der Waals surface area contributed by atoms with E-state index >= 15 is 0 Å². The summed E-state index contributed by atoms with van der Waals surface area (Å²) in [5, 5.41) is 21.4. The van der Waals surface area contributed by atoms with Crippen LogP contribution in [0.5, 0.6) is 5.88 Å². The second kappa shape index (κ2) is 9.40. The summed E-state index contributed by atoms with van der Waals surface area (Å²) in [6.07, 6.45) is 1.75. The van der Waals surface area contributed by atoms with Crippen molar-refractivity contribution in [2.75, 3.05) is 24.3 Å². The van der Waals surface area contributed by atoms with Crippen LogP contribution in [0.15, 0.2) is 32.3 Å². The molecule has 1 unspecified atom stereocenters. The first kappa shape index (κ1) is 23.1. The number of aromatic hydroxyl groups is 1. The third-order valence-corrected chi connectivity index (χ3v) is 7.77. The molecule has 0 aliphatic carbocycles. The molecule has 0 radical (unpaired) electrons. The molecular weight excluding hydrogens is 492 g/mol. The minimum absolute atomic E-state index is 0.0641. The molecule has 1 fully saturated rings. The van der Waals surface area contributed by atoms with E-state index in [2.05, 4.69) is 25.5 Å². The van der Waals surface area contributed by atoms with Crippen LogP contribution in [0.2, 0.25) is 0 Å². The lowest BCUT2D eigenvalue weighted by Crippen LogP contribution is -2.69. The number of aryl methyl sites for hydroxylation is 1. The predicted octanol–water partition coefficient (Wildman–Crippen LogP) is -0.654. The van der Waals surface area contributed by atoms with Crippen LogP contribution in [0, 0.1) is 0 Å². The number of amides is 2. The molecular formula is C17H18N8O5S3. The molecule has 4 rings (SSSR count). The average Bonchev–Trinajstić information content (AvgIpc) is 3.22. The monoisotopic (exact) mass is 510 g/mol. The maximum Gasteiger partial charge on any atom is 0.336 e. The number of nitrogen functional groups attached to an aromatic ring is 1. The Balaban J connectivity index is 1.39. The van der Waals surface area contributed by atoms with Crippen LogP contribution in [0.1, 0.15) is 5.69 Å². The lowest BCUT2D eigenvalue weighted by Gasteiger charge is -2.47. The fraction of sp³-hybridized carbons (Fsp3) is 0.353. The smallest absolute Gasteiger partial charge is 0.336 e. The van der Waals surface area contributed by atoms with Crippen molar-refractivity contribution in [3.8, 4) is 5.88 Å². The molecule has 4 heterocycles. The van der Waals surface area contributed by atoms with Crippen molar-refractivity contribution in [1.29, 1.82) is 0 Å². The molecule has 0 aromatic carbocycles. The Labute approximate surface area is 199 Å². The first-order valence-corrected chi connectivity index (χ1v) is 12.2. The van der Waals surface area contributed by atoms with Crippen LogP contribution in [-0.4, -0.2) is 77.3 Å². The first-order chi connectivity index (χ1) is 15.8. The zero-order valence-corrected chi connectivity index (χ0v) is 19.7. The van der Waals surface area contributed by atoms with E-state index in [9.17, 15) is 19.5 Å². The minimum atomic E-state index is -0.795. The summed E-state index contributed by atoms with van der Waals surface area (Å²) >= 11 is 3.93. The molecule has 33 heavy (non-hydrogen) atoms. The molecule has 174 valence electrons. The Morgan fingerprint density at radius 1 is 1.45 bits per heavy atom. The van der Waals surface area contributed by atoms with Crippen molar-refractivity contribution in [3.63, 3.8) is 0 Å². The SMILES string of the molecule is CO/N=C(\C(=O)NC1C(=O)N2C=C(CSc3nc(=O)c(O)nn3C)CS[C@@H]12)c1csc(N)n1. The number of thiazole rings is 1. The molecule has 16 heteroatoms. The van der Waals surface area contributed by atoms with Crippen molar-refractivity contribution in [2.24, 2.45) is 12.2 Å². The normalized spacial score (nSPS) is 20.1. The number of hydrogen-bond acceptors (Lipinski definition) is 13. The van der Waals surface area contributed by atoms with Gasteiger partial charge in [-0.3, -0.25) is 14.4 Å². The van der Waals surface area contributed by atoms with E-state index in [1.54, 1.807) is 23.5 Å². The van der Waals surface area contributed by atoms with Gasteiger partial charge in [-0.2, -0.15) is 4.98 Å². The highest BCUT2D eigenvalue weighted by Crippen LogP contribution is 2.37. The number of fused-ring (bicyclic) bond motifs is 1. The zero-order valence-electron chi connectivity index (χ0n) is 17.3. The highest BCUT2D eigenvalue weighted by molar-refractivity contribution is 8.01. The van der Waals surface area contributed by atoms with Gasteiger partial charge < -0.3 is 25.9 Å². The van der Waals surface area contributed by atoms with Gasteiger partial charge in [-0.25, -0.2) is 9.67 Å². The fourth-order valence-electron chi connectivity index (χ4n) is 3.06. The quantitative estimate of drug-likeness (QED) is 0.186. The van der Waals surface area contributed by atoms with Crippen LogP contribution in [0.4, 0.5) is 5.13 Å². The van der Waals surface area contributed by atoms with E-state index in [0.29, 0.717) is 16.7 Å². The second-order valence-electron chi connectivity index (χ2n) is 6.81. The number of oxime groups is 1. The highest BCUT2D eigenvalue weighted by atomic mass is 32.2. The molecule has 2 aromatic rings. The summed E-state index contributed by atoms with van der Waals surface area (Å²) in [4.78, 5) is 51.0. The lowest BCUT2D eigenvalue weighted by molar-refractivity contribution is -0.143. The van der Waals surface area contributed by atoms with Crippen molar-refractivity contribution in [3.05, 3.63) is 33.2 Å². The molecule has 13 nitrogen and oxygen atoms in total. The minimum Gasteiger partial charge on any atom is -0.488 e. The van der Waals surface area contributed by atoms with Gasteiger partial charge in [0.2, 0.25) is 0 Å². The third kappa shape index (κ3) is 4.67. The van der Waals surface area contributed by atoms with Gasteiger partial charge in [-0.15, -0.1) is 28.2 Å². The van der Waals surface area contributed by atoms with Crippen molar-refractivity contribution >= 4 is 57.5 Å². The number of carbonyl (C=O) groups excluding carboxylic acids is 2. The number of thioether (sulfide) groups is 2. The van der Waals surface area contributed by atoms with E-state index in [1.807, 2.05) is 0 Å². The summed E-state index contributed by atoms with van der Waals surface area (Å²) in [5.41, 5.74) is 5.98. The van der Waals surface area contributed by atoms with Crippen LogP contribution in [0.25, 0.3) is 0 Å². The number of rotatable bonds is 7. The molecule has 2 aromatic heterocycles. The van der Waals surface area contributed by atoms with E-state index < -0.39 is 23.4 Å². The summed E-state index contributed by atoms with van der Waals surface area (Å²) in [5.74, 6) is -0.404. The molecule has 2 aliphatic rings. The van der Waals surface area contributed by atoms with Gasteiger partial charge in [-0.05, 0) is 5.57 Å². The van der Waals surface area contributed by atoms with Crippen molar-refractivity contribution in [2.45, 2.75) is 16.6 Å². The molecule has 2 atom stereocenters. The van der Waals surface area contributed by atoms with E-state index in [-0.39, 0.29) is 27.8 Å². The number of nitrogens with zero attached hydrogens (tertiary/aromatic N) is 6. The van der Waals surface area contributed by atoms with E-state index in [1.165, 1.54) is 35.3 Å². The number of nitrogens with two attached hydrogens (primary N) is 1. The topological polar surface area (TPSA) is 178 Å². The van der Waals surface area contributed by atoms with Gasteiger partial charge in [0, 0.05) is 30.1 Å². The number of hydrogen-bond donors (Lipinski definition) is 3. The second-order valence-corrected chi connectivity index (χ2v) is 9.75. The summed E-state index contributed by atoms with van der Waals surface area (Å²) in [7, 11) is 2.88. The van der Waals surface area contributed by atoms with Crippen molar-refractivity contribution < 1.29 is 19.5 Å². The van der Waals surface area contributed by atoms with Gasteiger partial charge in [-0.1, -0.05) is 16.9 Å². The van der Waals surface area contributed by atoms with Crippen LogP contribution in [-0.2, 0) is 21.5 Å². The maximum atomic E-state index is 12.7. The number of β-lactam (4-membered cyclic amide) rings is 1. The molecule has 1 saturated heterocycles.